The highest BCUT2D eigenvalue weighted by Crippen LogP contribution is 2.26. The molecule has 0 aliphatic carbocycles. The number of nitrogens with one attached hydrogen (secondary N) is 1. The number of benzene rings is 2. The Bertz CT molecular complexity index is 795. The largest absolute Gasteiger partial charge is 0.452 e. The fraction of sp³-hybridized carbons (Fsp3) is 0.273. The van der Waals surface area contributed by atoms with E-state index in [9.17, 15) is 9.59 Å². The van der Waals surface area contributed by atoms with Gasteiger partial charge in [-0.2, -0.15) is 0 Å². The number of aryl methyl sites for hydroxylation is 1. The van der Waals surface area contributed by atoms with Crippen LogP contribution in [0.4, 0.5) is 5.69 Å². The number of para-hydroxylation sites is 1. The second kappa shape index (κ2) is 9.56. The Morgan fingerprint density at radius 3 is 2.65 bits per heavy atom. The molecule has 1 N–H and O–H groups in total. The summed E-state index contributed by atoms with van der Waals surface area (Å²) in [5, 5.41) is 2.82. The fourth-order valence-electron chi connectivity index (χ4n) is 2.57. The number of carbonyl (C=O) groups is 2. The van der Waals surface area contributed by atoms with Crippen LogP contribution in [-0.4, -0.2) is 18.5 Å². The zero-order chi connectivity index (χ0) is 18.9. The van der Waals surface area contributed by atoms with E-state index in [0.717, 1.165) is 28.8 Å². The third-order valence-electron chi connectivity index (χ3n) is 4.18. The summed E-state index contributed by atoms with van der Waals surface area (Å²) < 4.78 is 5.02. The fourth-order valence-corrected chi connectivity index (χ4v) is 2.57. The van der Waals surface area contributed by atoms with Crippen molar-refractivity contribution in [1.29, 1.82) is 0 Å². The average Bonchev–Trinajstić information content (AvgIpc) is 2.64. The van der Waals surface area contributed by atoms with Crippen LogP contribution in [0, 0.1) is 6.92 Å². The molecule has 0 aliphatic heterocycles. The van der Waals surface area contributed by atoms with Crippen molar-refractivity contribution in [3.63, 3.8) is 0 Å². The number of hydrogen-bond donors (Lipinski definition) is 1. The highest BCUT2D eigenvalue weighted by atomic mass is 16.5. The lowest BCUT2D eigenvalue weighted by Gasteiger charge is -2.15. The average molecular weight is 351 g/mol. The molecule has 0 bridgehead atoms. The van der Waals surface area contributed by atoms with Crippen LogP contribution in [0.15, 0.2) is 54.6 Å². The molecule has 0 radical (unpaired) electrons. The minimum Gasteiger partial charge on any atom is -0.452 e. The first-order valence-corrected chi connectivity index (χ1v) is 8.80. The first-order chi connectivity index (χ1) is 12.5. The molecule has 1 amide bonds. The van der Waals surface area contributed by atoms with Crippen molar-refractivity contribution in [2.45, 2.75) is 33.1 Å². The van der Waals surface area contributed by atoms with Gasteiger partial charge in [-0.15, -0.1) is 0 Å². The Hall–Kier alpha value is -2.88. The Kier molecular flexibility index (Phi) is 7.15. The number of rotatable bonds is 7. The number of esters is 1. The highest BCUT2D eigenvalue weighted by molar-refractivity contribution is 5.95. The van der Waals surface area contributed by atoms with Crippen molar-refractivity contribution < 1.29 is 14.3 Å². The van der Waals surface area contributed by atoms with Gasteiger partial charge in [0.05, 0.1) is 0 Å². The molecule has 0 aliphatic rings. The first-order valence-electron chi connectivity index (χ1n) is 8.80. The van der Waals surface area contributed by atoms with Gasteiger partial charge in [0.2, 0.25) is 0 Å². The second-order valence-electron chi connectivity index (χ2n) is 6.30. The lowest BCUT2D eigenvalue weighted by molar-refractivity contribution is -0.142. The number of ether oxygens (including phenoxy) is 1. The third-order valence-corrected chi connectivity index (χ3v) is 4.18. The third kappa shape index (κ3) is 5.88. The molecule has 0 heterocycles. The van der Waals surface area contributed by atoms with Gasteiger partial charge in [-0.25, -0.2) is 4.79 Å². The van der Waals surface area contributed by atoms with E-state index in [1.54, 1.807) is 6.08 Å². The van der Waals surface area contributed by atoms with Crippen LogP contribution in [-0.2, 0) is 14.3 Å². The predicted molar refractivity (Wildman–Crippen MR) is 105 cm³/mol. The maximum Gasteiger partial charge on any atom is 0.331 e. The van der Waals surface area contributed by atoms with Crippen LogP contribution in [0.5, 0.6) is 0 Å². The van der Waals surface area contributed by atoms with E-state index in [0.29, 0.717) is 5.92 Å². The maximum absolute atomic E-state index is 12.1. The van der Waals surface area contributed by atoms with Crippen LogP contribution in [0.2, 0.25) is 0 Å². The molecule has 4 nitrogen and oxygen atoms in total. The minimum absolute atomic E-state index is 0.314. The number of anilines is 1. The van der Waals surface area contributed by atoms with Gasteiger partial charge in [0.25, 0.3) is 5.91 Å². The molecule has 0 spiro atoms. The molecule has 0 saturated carbocycles. The van der Waals surface area contributed by atoms with Crippen LogP contribution < -0.4 is 5.32 Å². The van der Waals surface area contributed by atoms with Crippen molar-refractivity contribution in [1.82, 2.24) is 0 Å². The van der Waals surface area contributed by atoms with Gasteiger partial charge >= 0.3 is 5.97 Å². The molecule has 26 heavy (non-hydrogen) atoms. The molecule has 4 heteroatoms. The molecular formula is C22H25NO3. The van der Waals surface area contributed by atoms with Gasteiger partial charge in [0.1, 0.15) is 0 Å². The SMILES string of the molecule is CC[C@@H](C)c1ccccc1NC(=O)COC(=O)/C=C/c1cccc(C)c1. The van der Waals surface area contributed by atoms with Crippen molar-refractivity contribution in [2.75, 3.05) is 11.9 Å². The normalized spacial score (nSPS) is 12.0. The van der Waals surface area contributed by atoms with Crippen LogP contribution in [0.1, 0.15) is 42.9 Å². The molecule has 2 aromatic rings. The van der Waals surface area contributed by atoms with E-state index in [1.165, 1.54) is 6.08 Å². The summed E-state index contributed by atoms with van der Waals surface area (Å²) in [6.07, 6.45) is 3.98. The zero-order valence-corrected chi connectivity index (χ0v) is 15.5. The second-order valence-corrected chi connectivity index (χ2v) is 6.30. The maximum atomic E-state index is 12.1. The van der Waals surface area contributed by atoms with E-state index in [-0.39, 0.29) is 12.5 Å². The number of carbonyl (C=O) groups excluding carboxylic acids is 2. The first kappa shape index (κ1) is 19.4. The molecule has 0 fully saturated rings. The van der Waals surface area contributed by atoms with Gasteiger partial charge in [-0.1, -0.05) is 61.9 Å². The van der Waals surface area contributed by atoms with E-state index in [2.05, 4.69) is 19.2 Å². The highest BCUT2D eigenvalue weighted by Gasteiger charge is 2.12. The Labute approximate surface area is 154 Å². The summed E-state index contributed by atoms with van der Waals surface area (Å²) in [5.41, 5.74) is 3.86. The van der Waals surface area contributed by atoms with Gasteiger partial charge < -0.3 is 10.1 Å². The summed E-state index contributed by atoms with van der Waals surface area (Å²) in [7, 11) is 0. The summed E-state index contributed by atoms with van der Waals surface area (Å²) >= 11 is 0. The van der Waals surface area contributed by atoms with Crippen molar-refractivity contribution in [3.05, 3.63) is 71.3 Å². The summed E-state index contributed by atoms with van der Waals surface area (Å²) in [6, 6.07) is 15.4. The van der Waals surface area contributed by atoms with Crippen molar-refractivity contribution in [3.8, 4) is 0 Å². The quantitative estimate of drug-likeness (QED) is 0.581. The van der Waals surface area contributed by atoms with Gasteiger partial charge in [0, 0.05) is 11.8 Å². The van der Waals surface area contributed by atoms with Crippen molar-refractivity contribution in [2.24, 2.45) is 0 Å². The van der Waals surface area contributed by atoms with Crippen molar-refractivity contribution >= 4 is 23.6 Å². The van der Waals surface area contributed by atoms with Gasteiger partial charge in [0.15, 0.2) is 6.61 Å². The van der Waals surface area contributed by atoms with E-state index >= 15 is 0 Å². The number of amides is 1. The monoisotopic (exact) mass is 351 g/mol. The topological polar surface area (TPSA) is 55.4 Å². The summed E-state index contributed by atoms with van der Waals surface area (Å²) in [5.74, 6) is -0.554. The van der Waals surface area contributed by atoms with Crippen LogP contribution >= 0.6 is 0 Å². The molecule has 0 aromatic heterocycles. The summed E-state index contributed by atoms with van der Waals surface area (Å²) in [4.78, 5) is 23.9. The van der Waals surface area contributed by atoms with E-state index in [1.807, 2.05) is 55.5 Å². The predicted octanol–water partition coefficient (Wildman–Crippen LogP) is 4.70. The Morgan fingerprint density at radius 2 is 1.92 bits per heavy atom. The summed E-state index contributed by atoms with van der Waals surface area (Å²) in [6.45, 7) is 5.88. The molecule has 2 aromatic carbocycles. The zero-order valence-electron chi connectivity index (χ0n) is 15.5. The van der Waals surface area contributed by atoms with E-state index in [4.69, 9.17) is 4.74 Å². The Balaban J connectivity index is 1.88. The molecule has 1 atom stereocenters. The van der Waals surface area contributed by atoms with E-state index < -0.39 is 5.97 Å². The lowest BCUT2D eigenvalue weighted by atomic mass is 9.97. The molecule has 0 saturated heterocycles. The molecular weight excluding hydrogens is 326 g/mol. The smallest absolute Gasteiger partial charge is 0.331 e. The van der Waals surface area contributed by atoms with Gasteiger partial charge in [-0.05, 0) is 42.5 Å². The number of hydrogen-bond acceptors (Lipinski definition) is 3. The Morgan fingerprint density at radius 1 is 1.15 bits per heavy atom. The van der Waals surface area contributed by atoms with Crippen LogP contribution in [0.3, 0.4) is 0 Å². The van der Waals surface area contributed by atoms with Crippen LogP contribution in [0.25, 0.3) is 6.08 Å². The standard InChI is InChI=1S/C22H25NO3/c1-4-17(3)19-10-5-6-11-20(19)23-21(24)15-26-22(25)13-12-18-9-7-8-16(2)14-18/h5-14,17H,4,15H2,1-3H3,(H,23,24)/b13-12+/t17-/m1/s1. The molecule has 136 valence electrons. The minimum atomic E-state index is -0.545. The van der Waals surface area contributed by atoms with Gasteiger partial charge in [-0.3, -0.25) is 4.79 Å². The lowest BCUT2D eigenvalue weighted by Crippen LogP contribution is -2.21. The molecule has 0 unspecified atom stereocenters. The molecule has 2 rings (SSSR count).